The molecule has 2 aromatic carbocycles. The van der Waals surface area contributed by atoms with Gasteiger partial charge in [-0.15, -0.1) is 0 Å². The number of esters is 1. The monoisotopic (exact) mass is 378 g/mol. The van der Waals surface area contributed by atoms with E-state index >= 15 is 0 Å². The van der Waals surface area contributed by atoms with E-state index < -0.39 is 23.4 Å². The van der Waals surface area contributed by atoms with Gasteiger partial charge in [-0.05, 0) is 23.8 Å². The Kier molecular flexibility index (Phi) is 6.51. The number of ether oxygens (including phenoxy) is 2. The van der Waals surface area contributed by atoms with Gasteiger partial charge in [-0.25, -0.2) is 0 Å². The number of anilines is 1. The van der Waals surface area contributed by atoms with Gasteiger partial charge in [0.05, 0.1) is 18.5 Å². The fourth-order valence-corrected chi connectivity index (χ4v) is 2.18. The number of hydrogen-bond donors (Lipinski definition) is 1. The summed E-state index contributed by atoms with van der Waals surface area (Å²) in [5.74, 6) is -0.973. The average molecular weight is 379 g/mol. The first-order chi connectivity index (χ1) is 12.4. The molecule has 0 fully saturated rings. The van der Waals surface area contributed by atoms with Crippen molar-refractivity contribution in [3.05, 3.63) is 63.2 Å². The zero-order chi connectivity index (χ0) is 19.1. The first-order valence-electron chi connectivity index (χ1n) is 7.41. The molecule has 0 aliphatic rings. The molecule has 0 heterocycles. The van der Waals surface area contributed by atoms with Gasteiger partial charge in [0.15, 0.2) is 6.61 Å². The molecule has 26 heavy (non-hydrogen) atoms. The zero-order valence-electron chi connectivity index (χ0n) is 13.7. The second-order valence-corrected chi connectivity index (χ2v) is 5.59. The van der Waals surface area contributed by atoms with Crippen LogP contribution in [0, 0.1) is 10.1 Å². The van der Waals surface area contributed by atoms with Crippen LogP contribution in [0.3, 0.4) is 0 Å². The van der Waals surface area contributed by atoms with Crippen LogP contribution >= 0.6 is 11.6 Å². The fourth-order valence-electron chi connectivity index (χ4n) is 2.05. The number of nitrogens with zero attached hydrogens (tertiary/aromatic N) is 1. The van der Waals surface area contributed by atoms with Crippen LogP contribution in [0.5, 0.6) is 5.75 Å². The van der Waals surface area contributed by atoms with Gasteiger partial charge in [0.1, 0.15) is 11.4 Å². The molecule has 0 bridgehead atoms. The minimum absolute atomic E-state index is 0.0241. The number of nitro benzene ring substituents is 1. The zero-order valence-corrected chi connectivity index (χ0v) is 14.5. The number of methoxy groups -OCH3 is 1. The highest BCUT2D eigenvalue weighted by Gasteiger charge is 2.17. The number of nitro groups is 1. The third kappa shape index (κ3) is 5.45. The van der Waals surface area contributed by atoms with Gasteiger partial charge in [-0.2, -0.15) is 0 Å². The van der Waals surface area contributed by atoms with E-state index in [2.05, 4.69) is 5.32 Å². The summed E-state index contributed by atoms with van der Waals surface area (Å²) in [6.07, 6.45) is -0.0241. The van der Waals surface area contributed by atoms with Gasteiger partial charge in [-0.3, -0.25) is 19.7 Å². The minimum atomic E-state index is -0.703. The van der Waals surface area contributed by atoms with Crippen molar-refractivity contribution in [3.8, 4) is 5.75 Å². The van der Waals surface area contributed by atoms with E-state index in [0.29, 0.717) is 16.3 Å². The quantitative estimate of drug-likeness (QED) is 0.451. The summed E-state index contributed by atoms with van der Waals surface area (Å²) in [5, 5.41) is 13.9. The topological polar surface area (TPSA) is 108 Å². The molecule has 1 amide bonds. The predicted molar refractivity (Wildman–Crippen MR) is 94.4 cm³/mol. The summed E-state index contributed by atoms with van der Waals surface area (Å²) in [4.78, 5) is 34.1. The first kappa shape index (κ1) is 19.2. The third-order valence-corrected chi connectivity index (χ3v) is 3.55. The van der Waals surface area contributed by atoms with Crippen LogP contribution in [0.2, 0.25) is 5.02 Å². The molecule has 8 nitrogen and oxygen atoms in total. The molecule has 0 saturated carbocycles. The van der Waals surface area contributed by atoms with Crippen molar-refractivity contribution >= 4 is 34.9 Å². The van der Waals surface area contributed by atoms with Crippen LogP contribution in [0.15, 0.2) is 42.5 Å². The molecule has 0 radical (unpaired) electrons. The van der Waals surface area contributed by atoms with Gasteiger partial charge in [0.2, 0.25) is 0 Å². The molecule has 0 aromatic heterocycles. The fraction of sp³-hybridized carbons (Fsp3) is 0.176. The Labute approximate surface area is 153 Å². The van der Waals surface area contributed by atoms with Gasteiger partial charge in [-0.1, -0.05) is 23.7 Å². The van der Waals surface area contributed by atoms with Crippen molar-refractivity contribution in [1.82, 2.24) is 0 Å². The van der Waals surface area contributed by atoms with E-state index in [0.717, 1.165) is 0 Å². The van der Waals surface area contributed by atoms with E-state index in [-0.39, 0.29) is 17.8 Å². The number of carbonyl (C=O) groups excluding carboxylic acids is 2. The van der Waals surface area contributed by atoms with Crippen molar-refractivity contribution in [2.45, 2.75) is 6.42 Å². The van der Waals surface area contributed by atoms with Gasteiger partial charge in [0.25, 0.3) is 11.6 Å². The SMILES string of the molecule is COc1ccc([N+](=O)[O-])c(NC(=O)COC(=O)Cc2ccc(Cl)cc2)c1. The molecule has 0 atom stereocenters. The molecular weight excluding hydrogens is 364 g/mol. The number of rotatable bonds is 7. The first-order valence-corrected chi connectivity index (χ1v) is 7.79. The van der Waals surface area contributed by atoms with Crippen LogP contribution in [-0.2, 0) is 20.7 Å². The summed E-state index contributed by atoms with van der Waals surface area (Å²) in [7, 11) is 1.39. The van der Waals surface area contributed by atoms with Crippen molar-refractivity contribution in [2.75, 3.05) is 19.0 Å². The molecule has 1 N–H and O–H groups in total. The number of nitrogens with one attached hydrogen (secondary N) is 1. The average Bonchev–Trinajstić information content (AvgIpc) is 2.61. The van der Waals surface area contributed by atoms with Crippen molar-refractivity contribution in [3.63, 3.8) is 0 Å². The van der Waals surface area contributed by atoms with E-state index in [1.807, 2.05) is 0 Å². The molecular formula is C17H15ClN2O6. The van der Waals surface area contributed by atoms with E-state index in [9.17, 15) is 19.7 Å². The molecule has 0 saturated heterocycles. The lowest BCUT2D eigenvalue weighted by atomic mass is 10.1. The lowest BCUT2D eigenvalue weighted by Gasteiger charge is -2.08. The summed E-state index contributed by atoms with van der Waals surface area (Å²) >= 11 is 5.76. The maximum atomic E-state index is 11.9. The summed E-state index contributed by atoms with van der Waals surface area (Å²) in [5.41, 5.74) is 0.336. The van der Waals surface area contributed by atoms with Crippen LogP contribution in [-0.4, -0.2) is 30.5 Å². The predicted octanol–water partition coefficient (Wildman–Crippen LogP) is 2.98. The second-order valence-electron chi connectivity index (χ2n) is 5.15. The molecule has 9 heteroatoms. The summed E-state index contributed by atoms with van der Waals surface area (Å²) in [6, 6.07) is 10.5. The lowest BCUT2D eigenvalue weighted by molar-refractivity contribution is -0.383. The van der Waals surface area contributed by atoms with E-state index in [1.165, 1.54) is 25.3 Å². The highest BCUT2D eigenvalue weighted by Crippen LogP contribution is 2.28. The molecule has 0 spiro atoms. The maximum absolute atomic E-state index is 11.9. The smallest absolute Gasteiger partial charge is 0.310 e. The standard InChI is InChI=1S/C17H15ClN2O6/c1-25-13-6-7-15(20(23)24)14(9-13)19-16(21)10-26-17(22)8-11-2-4-12(18)5-3-11/h2-7,9H,8,10H2,1H3,(H,19,21). The highest BCUT2D eigenvalue weighted by molar-refractivity contribution is 6.30. The molecule has 136 valence electrons. The Morgan fingerprint density at radius 3 is 2.50 bits per heavy atom. The van der Waals surface area contributed by atoms with Crippen molar-refractivity contribution in [2.24, 2.45) is 0 Å². The Morgan fingerprint density at radius 2 is 1.88 bits per heavy atom. The van der Waals surface area contributed by atoms with Crippen LogP contribution in [0.25, 0.3) is 0 Å². The molecule has 2 aromatic rings. The van der Waals surface area contributed by atoms with Crippen LogP contribution < -0.4 is 10.1 Å². The van der Waals surface area contributed by atoms with Crippen LogP contribution in [0.1, 0.15) is 5.56 Å². The minimum Gasteiger partial charge on any atom is -0.497 e. The van der Waals surface area contributed by atoms with E-state index in [1.54, 1.807) is 24.3 Å². The second kappa shape index (κ2) is 8.82. The molecule has 0 aliphatic carbocycles. The Morgan fingerprint density at radius 1 is 1.19 bits per heavy atom. The number of halogens is 1. The highest BCUT2D eigenvalue weighted by atomic mass is 35.5. The van der Waals surface area contributed by atoms with Crippen molar-refractivity contribution in [1.29, 1.82) is 0 Å². The normalized spacial score (nSPS) is 10.1. The van der Waals surface area contributed by atoms with Crippen LogP contribution in [0.4, 0.5) is 11.4 Å². The number of hydrogen-bond acceptors (Lipinski definition) is 6. The van der Waals surface area contributed by atoms with Gasteiger partial charge >= 0.3 is 5.97 Å². The van der Waals surface area contributed by atoms with E-state index in [4.69, 9.17) is 21.1 Å². The molecule has 0 unspecified atom stereocenters. The number of carbonyl (C=O) groups is 2. The lowest BCUT2D eigenvalue weighted by Crippen LogP contribution is -2.22. The molecule has 0 aliphatic heterocycles. The largest absolute Gasteiger partial charge is 0.497 e. The summed E-state index contributed by atoms with van der Waals surface area (Å²) in [6.45, 7) is -0.569. The van der Waals surface area contributed by atoms with Crippen molar-refractivity contribution < 1.29 is 24.0 Å². The van der Waals surface area contributed by atoms with Gasteiger partial charge in [0, 0.05) is 17.2 Å². The number of amides is 1. The Hall–Kier alpha value is -3.13. The number of benzene rings is 2. The van der Waals surface area contributed by atoms with Gasteiger partial charge < -0.3 is 14.8 Å². The maximum Gasteiger partial charge on any atom is 0.310 e. The Bertz CT molecular complexity index is 823. The Balaban J connectivity index is 1.93. The molecule has 2 rings (SSSR count). The summed E-state index contributed by atoms with van der Waals surface area (Å²) < 4.78 is 9.86. The third-order valence-electron chi connectivity index (χ3n) is 3.30.